The molecular weight excluding hydrogens is 344 g/mol. The number of hydrogen-bond donors (Lipinski definition) is 0. The van der Waals surface area contributed by atoms with Gasteiger partial charge >= 0.3 is 0 Å². The Morgan fingerprint density at radius 3 is 2.31 bits per heavy atom. The van der Waals surface area contributed by atoms with Crippen LogP contribution in [-0.4, -0.2) is 53.2 Å². The summed E-state index contributed by atoms with van der Waals surface area (Å²) in [4.78, 5) is 27.3. The van der Waals surface area contributed by atoms with Gasteiger partial charge in [-0.05, 0) is 37.4 Å². The minimum absolute atomic E-state index is 0.110. The second kappa shape index (κ2) is 8.08. The van der Waals surface area contributed by atoms with E-state index >= 15 is 0 Å². The van der Waals surface area contributed by atoms with Crippen molar-refractivity contribution in [1.82, 2.24) is 14.9 Å². The lowest BCUT2D eigenvalue weighted by atomic mass is 10.1. The fourth-order valence-corrected chi connectivity index (χ4v) is 3.46. The number of amides is 1. The average molecular weight is 371 g/mol. The molecule has 1 saturated heterocycles. The summed E-state index contributed by atoms with van der Waals surface area (Å²) < 4.78 is 0. The van der Waals surface area contributed by atoms with Crippen molar-refractivity contribution in [1.29, 1.82) is 0 Å². The smallest absolute Gasteiger partial charge is 0.253 e. The van der Waals surface area contributed by atoms with E-state index in [2.05, 4.69) is 23.7 Å². The molecule has 2 heterocycles. The third-order valence-electron chi connectivity index (χ3n) is 4.60. The van der Waals surface area contributed by atoms with Gasteiger partial charge in [-0.1, -0.05) is 13.8 Å². The molecule has 0 aliphatic carbocycles. The van der Waals surface area contributed by atoms with Crippen LogP contribution in [0.4, 0.5) is 5.82 Å². The van der Waals surface area contributed by atoms with Crippen LogP contribution in [-0.2, 0) is 0 Å². The van der Waals surface area contributed by atoms with E-state index < -0.39 is 0 Å². The van der Waals surface area contributed by atoms with Crippen molar-refractivity contribution in [2.24, 2.45) is 0 Å². The lowest BCUT2D eigenvalue weighted by molar-refractivity contribution is 0.0746. The third-order valence-corrected chi connectivity index (χ3v) is 5.35. The first-order valence-corrected chi connectivity index (χ1v) is 10.2. The summed E-state index contributed by atoms with van der Waals surface area (Å²) in [7, 11) is 0. The van der Waals surface area contributed by atoms with Crippen LogP contribution in [0, 0.1) is 6.92 Å². The van der Waals surface area contributed by atoms with Crippen LogP contribution in [0.15, 0.2) is 35.2 Å². The van der Waals surface area contributed by atoms with Crippen molar-refractivity contribution < 1.29 is 4.79 Å². The van der Waals surface area contributed by atoms with Gasteiger partial charge in [0, 0.05) is 54.3 Å². The molecule has 1 aromatic carbocycles. The molecule has 1 aliphatic rings. The van der Waals surface area contributed by atoms with Crippen LogP contribution in [0.5, 0.6) is 0 Å². The number of anilines is 1. The maximum atomic E-state index is 12.7. The first-order valence-electron chi connectivity index (χ1n) is 9.02. The Balaban J connectivity index is 1.66. The Labute approximate surface area is 159 Å². The molecule has 0 radical (unpaired) electrons. The van der Waals surface area contributed by atoms with Crippen LogP contribution >= 0.6 is 11.8 Å². The first kappa shape index (κ1) is 18.7. The second-order valence-corrected chi connectivity index (χ2v) is 7.77. The molecule has 1 aliphatic heterocycles. The maximum Gasteiger partial charge on any atom is 0.253 e. The Kier molecular flexibility index (Phi) is 5.81. The lowest BCUT2D eigenvalue weighted by Crippen LogP contribution is -2.49. The summed E-state index contributed by atoms with van der Waals surface area (Å²) in [5.74, 6) is 2.27. The van der Waals surface area contributed by atoms with Crippen molar-refractivity contribution in [3.8, 4) is 0 Å². The minimum atomic E-state index is 0.110. The fourth-order valence-electron chi connectivity index (χ4n) is 3.05. The fraction of sp³-hybridized carbons (Fsp3) is 0.450. The third kappa shape index (κ3) is 4.18. The number of carbonyl (C=O) groups is 1. The Bertz CT molecular complexity index is 768. The predicted octanol–water partition coefficient (Wildman–Crippen LogP) is 3.59. The zero-order valence-electron chi connectivity index (χ0n) is 15.9. The molecule has 138 valence electrons. The number of benzene rings is 1. The van der Waals surface area contributed by atoms with Crippen LogP contribution in [0.1, 0.15) is 41.6 Å². The topological polar surface area (TPSA) is 49.3 Å². The number of nitrogens with zero attached hydrogens (tertiary/aromatic N) is 4. The SMILES string of the molecule is CSc1ccc(C(=O)N2CCN(c3cc(C)nc(C(C)C)n3)CC2)cc1. The summed E-state index contributed by atoms with van der Waals surface area (Å²) in [5, 5.41) is 0. The number of thioether (sulfide) groups is 1. The van der Waals surface area contributed by atoms with E-state index in [-0.39, 0.29) is 5.91 Å². The van der Waals surface area contributed by atoms with Crippen LogP contribution in [0.25, 0.3) is 0 Å². The highest BCUT2D eigenvalue weighted by Crippen LogP contribution is 2.20. The van der Waals surface area contributed by atoms with Gasteiger partial charge in [-0.15, -0.1) is 11.8 Å². The van der Waals surface area contributed by atoms with Gasteiger partial charge in [-0.2, -0.15) is 0 Å². The number of piperazine rings is 1. The molecule has 0 bridgehead atoms. The molecule has 1 fully saturated rings. The molecule has 0 atom stereocenters. The van der Waals surface area contributed by atoms with E-state index in [1.54, 1.807) is 11.8 Å². The quantitative estimate of drug-likeness (QED) is 0.770. The molecule has 26 heavy (non-hydrogen) atoms. The maximum absolute atomic E-state index is 12.7. The molecule has 0 N–H and O–H groups in total. The molecule has 5 nitrogen and oxygen atoms in total. The van der Waals surface area contributed by atoms with Gasteiger partial charge in [0.15, 0.2) is 0 Å². The Morgan fingerprint density at radius 2 is 1.73 bits per heavy atom. The van der Waals surface area contributed by atoms with E-state index in [0.717, 1.165) is 36.0 Å². The largest absolute Gasteiger partial charge is 0.353 e. The zero-order chi connectivity index (χ0) is 18.7. The summed E-state index contributed by atoms with van der Waals surface area (Å²) in [6.07, 6.45) is 2.04. The molecule has 0 spiro atoms. The summed E-state index contributed by atoms with van der Waals surface area (Å²) in [6.45, 7) is 9.24. The number of aromatic nitrogens is 2. The summed E-state index contributed by atoms with van der Waals surface area (Å²) >= 11 is 1.68. The summed E-state index contributed by atoms with van der Waals surface area (Å²) in [5.41, 5.74) is 1.75. The molecule has 1 aromatic heterocycles. The van der Waals surface area contributed by atoms with Gasteiger partial charge in [0.05, 0.1) is 0 Å². The van der Waals surface area contributed by atoms with Crippen LogP contribution in [0.3, 0.4) is 0 Å². The van der Waals surface area contributed by atoms with E-state index in [4.69, 9.17) is 4.98 Å². The van der Waals surface area contributed by atoms with Crippen LogP contribution < -0.4 is 4.90 Å². The molecule has 6 heteroatoms. The second-order valence-electron chi connectivity index (χ2n) is 6.89. The molecule has 0 unspecified atom stereocenters. The van der Waals surface area contributed by atoms with Crippen molar-refractivity contribution in [3.05, 3.63) is 47.4 Å². The first-order chi connectivity index (χ1) is 12.5. The van der Waals surface area contributed by atoms with Gasteiger partial charge in [0.25, 0.3) is 5.91 Å². The summed E-state index contributed by atoms with van der Waals surface area (Å²) in [6, 6.07) is 9.88. The van der Waals surface area contributed by atoms with Gasteiger partial charge in [0.2, 0.25) is 0 Å². The minimum Gasteiger partial charge on any atom is -0.353 e. The molecular formula is C20H26N4OS. The number of hydrogen-bond acceptors (Lipinski definition) is 5. The highest BCUT2D eigenvalue weighted by Gasteiger charge is 2.23. The highest BCUT2D eigenvalue weighted by molar-refractivity contribution is 7.98. The van der Waals surface area contributed by atoms with Gasteiger partial charge in [-0.25, -0.2) is 9.97 Å². The van der Waals surface area contributed by atoms with Crippen LogP contribution in [0.2, 0.25) is 0 Å². The van der Waals surface area contributed by atoms with Crippen molar-refractivity contribution in [2.75, 3.05) is 37.3 Å². The molecule has 2 aromatic rings. The highest BCUT2D eigenvalue weighted by atomic mass is 32.2. The van der Waals surface area contributed by atoms with Gasteiger partial charge in [0.1, 0.15) is 11.6 Å². The van der Waals surface area contributed by atoms with E-state index in [1.165, 1.54) is 4.90 Å². The monoisotopic (exact) mass is 370 g/mol. The van der Waals surface area contributed by atoms with E-state index in [1.807, 2.05) is 48.4 Å². The zero-order valence-corrected chi connectivity index (χ0v) is 16.7. The Morgan fingerprint density at radius 1 is 1.08 bits per heavy atom. The lowest BCUT2D eigenvalue weighted by Gasteiger charge is -2.35. The number of carbonyl (C=O) groups excluding carboxylic acids is 1. The van der Waals surface area contributed by atoms with E-state index in [0.29, 0.717) is 19.0 Å². The average Bonchev–Trinajstić information content (AvgIpc) is 2.67. The van der Waals surface area contributed by atoms with Crippen molar-refractivity contribution in [2.45, 2.75) is 31.6 Å². The molecule has 3 rings (SSSR count). The predicted molar refractivity (Wildman–Crippen MR) is 107 cm³/mol. The number of rotatable bonds is 4. The standard InChI is InChI=1S/C20H26N4OS/c1-14(2)19-21-15(3)13-18(22-19)23-9-11-24(12-10-23)20(25)16-5-7-17(26-4)8-6-16/h5-8,13-14H,9-12H2,1-4H3. The van der Waals surface area contributed by atoms with Crippen molar-refractivity contribution >= 4 is 23.5 Å². The molecule has 0 saturated carbocycles. The normalized spacial score (nSPS) is 14.8. The van der Waals surface area contributed by atoms with E-state index in [9.17, 15) is 4.79 Å². The van der Waals surface area contributed by atoms with Gasteiger partial charge in [-0.3, -0.25) is 4.79 Å². The Hall–Kier alpha value is -2.08. The van der Waals surface area contributed by atoms with Gasteiger partial charge < -0.3 is 9.80 Å². The van der Waals surface area contributed by atoms with Crippen molar-refractivity contribution in [3.63, 3.8) is 0 Å². The number of aryl methyl sites for hydroxylation is 1. The molecule has 1 amide bonds.